The van der Waals surface area contributed by atoms with Gasteiger partial charge in [0.1, 0.15) is 17.3 Å². The Bertz CT molecular complexity index is 1030. The quantitative estimate of drug-likeness (QED) is 0.414. The number of aliphatic hydroxyl groups is 1. The number of likely N-dealkylation sites (tertiary alicyclic amines) is 1. The van der Waals surface area contributed by atoms with Crippen LogP contribution in [0, 0.1) is 13.8 Å². The minimum absolute atomic E-state index is 0.0231. The molecule has 1 fully saturated rings. The van der Waals surface area contributed by atoms with Crippen LogP contribution < -0.4 is 4.74 Å². The number of Topliss-reactive ketones (excluding diaryl/α,β-unsaturated/α-hetero) is 1. The van der Waals surface area contributed by atoms with Crippen LogP contribution in [0.15, 0.2) is 36.0 Å². The summed E-state index contributed by atoms with van der Waals surface area (Å²) in [6.45, 7) is 4.60. The average molecular weight is 425 g/mol. The molecule has 164 valence electrons. The number of ether oxygens (including phenoxy) is 1. The highest BCUT2D eigenvalue weighted by atomic mass is 16.5. The molecule has 1 amide bonds. The SMILES string of the molecule is COc1ccccc1C1/C(=C(\O)c2cnc(C)nc2C)C(=O)C(=O)N1CCCN(C)C. The van der Waals surface area contributed by atoms with Crippen LogP contribution in [0.1, 0.15) is 35.1 Å². The van der Waals surface area contributed by atoms with Gasteiger partial charge in [-0.2, -0.15) is 0 Å². The number of para-hydroxylation sites is 1. The maximum absolute atomic E-state index is 13.1. The summed E-state index contributed by atoms with van der Waals surface area (Å²) >= 11 is 0. The molecular weight excluding hydrogens is 396 g/mol. The fourth-order valence-corrected chi connectivity index (χ4v) is 3.84. The zero-order valence-electron chi connectivity index (χ0n) is 18.5. The number of hydrogen-bond donors (Lipinski definition) is 1. The van der Waals surface area contributed by atoms with Gasteiger partial charge in [0.15, 0.2) is 0 Å². The van der Waals surface area contributed by atoms with Gasteiger partial charge >= 0.3 is 0 Å². The smallest absolute Gasteiger partial charge is 0.295 e. The lowest BCUT2D eigenvalue weighted by molar-refractivity contribution is -0.140. The van der Waals surface area contributed by atoms with Crippen molar-refractivity contribution in [3.63, 3.8) is 0 Å². The molecule has 0 saturated carbocycles. The zero-order valence-corrected chi connectivity index (χ0v) is 18.5. The Balaban J connectivity index is 2.17. The number of carbonyl (C=O) groups excluding carboxylic acids is 2. The van der Waals surface area contributed by atoms with E-state index in [-0.39, 0.29) is 11.3 Å². The Kier molecular flexibility index (Phi) is 6.70. The van der Waals surface area contributed by atoms with Gasteiger partial charge in [-0.1, -0.05) is 18.2 Å². The molecule has 0 spiro atoms. The van der Waals surface area contributed by atoms with E-state index in [1.165, 1.54) is 18.2 Å². The number of ketones is 1. The summed E-state index contributed by atoms with van der Waals surface area (Å²) in [5.74, 6) is -0.545. The maximum Gasteiger partial charge on any atom is 0.295 e. The molecule has 0 aliphatic carbocycles. The lowest BCUT2D eigenvalue weighted by Crippen LogP contribution is -2.32. The highest BCUT2D eigenvalue weighted by Crippen LogP contribution is 2.42. The van der Waals surface area contributed by atoms with Gasteiger partial charge in [-0.25, -0.2) is 9.97 Å². The molecule has 1 N–H and O–H groups in total. The predicted molar refractivity (Wildman–Crippen MR) is 117 cm³/mol. The summed E-state index contributed by atoms with van der Waals surface area (Å²) in [5.41, 5.74) is 1.52. The second-order valence-corrected chi connectivity index (χ2v) is 7.81. The van der Waals surface area contributed by atoms with Crippen molar-refractivity contribution >= 4 is 17.4 Å². The minimum atomic E-state index is -0.765. The van der Waals surface area contributed by atoms with Gasteiger partial charge in [-0.3, -0.25) is 9.59 Å². The number of nitrogens with zero attached hydrogens (tertiary/aromatic N) is 4. The normalized spacial score (nSPS) is 18.1. The summed E-state index contributed by atoms with van der Waals surface area (Å²) in [4.78, 5) is 38.0. The lowest BCUT2D eigenvalue weighted by atomic mass is 9.94. The number of benzene rings is 1. The first kappa shape index (κ1) is 22.4. The van der Waals surface area contributed by atoms with Gasteiger partial charge in [0.2, 0.25) is 0 Å². The van der Waals surface area contributed by atoms with Crippen LogP contribution in [0.4, 0.5) is 0 Å². The van der Waals surface area contributed by atoms with Crippen LogP contribution in [0.25, 0.3) is 5.76 Å². The second kappa shape index (κ2) is 9.26. The number of amides is 1. The number of aryl methyl sites for hydroxylation is 2. The molecule has 2 heterocycles. The Morgan fingerprint density at radius 2 is 1.94 bits per heavy atom. The summed E-state index contributed by atoms with van der Waals surface area (Å²) in [6, 6.07) is 6.45. The van der Waals surface area contributed by atoms with E-state index in [4.69, 9.17) is 4.74 Å². The van der Waals surface area contributed by atoms with E-state index < -0.39 is 17.7 Å². The zero-order chi connectivity index (χ0) is 22.7. The Hall–Kier alpha value is -3.26. The third-order valence-electron chi connectivity index (χ3n) is 5.33. The molecule has 1 atom stereocenters. The monoisotopic (exact) mass is 424 g/mol. The summed E-state index contributed by atoms with van der Waals surface area (Å²) in [5, 5.41) is 11.2. The third-order valence-corrected chi connectivity index (χ3v) is 5.33. The second-order valence-electron chi connectivity index (χ2n) is 7.81. The van der Waals surface area contributed by atoms with Crippen LogP contribution >= 0.6 is 0 Å². The fraction of sp³-hybridized carbons (Fsp3) is 0.391. The van der Waals surface area contributed by atoms with Crippen LogP contribution in [0.5, 0.6) is 5.75 Å². The Labute approximate surface area is 182 Å². The van der Waals surface area contributed by atoms with Gasteiger partial charge in [0, 0.05) is 18.3 Å². The van der Waals surface area contributed by atoms with E-state index >= 15 is 0 Å². The van der Waals surface area contributed by atoms with Crippen molar-refractivity contribution < 1.29 is 19.4 Å². The fourth-order valence-electron chi connectivity index (χ4n) is 3.84. The maximum atomic E-state index is 13.1. The highest BCUT2D eigenvalue weighted by Gasteiger charge is 2.47. The molecule has 3 rings (SSSR count). The standard InChI is InChI=1S/C23H28N4O4/c1-14-17(13-24-15(2)25-14)21(28)19-20(16-9-6-7-10-18(16)31-5)27(23(30)22(19)29)12-8-11-26(3)4/h6-7,9-10,13,20,28H,8,11-12H2,1-5H3/b21-19+. The van der Waals surface area contributed by atoms with E-state index in [0.29, 0.717) is 41.4 Å². The average Bonchev–Trinajstić information content (AvgIpc) is 2.98. The number of hydrogen-bond acceptors (Lipinski definition) is 7. The number of carbonyl (C=O) groups is 2. The summed E-state index contributed by atoms with van der Waals surface area (Å²) < 4.78 is 5.51. The molecule has 8 nitrogen and oxygen atoms in total. The molecule has 1 aliphatic rings. The predicted octanol–water partition coefficient (Wildman–Crippen LogP) is 2.48. The van der Waals surface area contributed by atoms with Gasteiger partial charge in [-0.15, -0.1) is 0 Å². The first-order valence-electron chi connectivity index (χ1n) is 10.1. The van der Waals surface area contributed by atoms with Crippen molar-refractivity contribution in [3.8, 4) is 5.75 Å². The first-order chi connectivity index (χ1) is 14.8. The summed E-state index contributed by atoms with van der Waals surface area (Å²) in [7, 11) is 5.44. The molecule has 1 unspecified atom stereocenters. The van der Waals surface area contributed by atoms with Crippen LogP contribution in [0.3, 0.4) is 0 Å². The molecular formula is C23H28N4O4. The van der Waals surface area contributed by atoms with Crippen LogP contribution in [-0.2, 0) is 9.59 Å². The van der Waals surface area contributed by atoms with Crippen LogP contribution in [-0.4, -0.2) is 70.9 Å². The number of aromatic nitrogens is 2. The van der Waals surface area contributed by atoms with E-state index in [2.05, 4.69) is 9.97 Å². The lowest BCUT2D eigenvalue weighted by Gasteiger charge is -2.27. The van der Waals surface area contributed by atoms with Crippen LogP contribution in [0.2, 0.25) is 0 Å². The number of methoxy groups -OCH3 is 1. The van der Waals surface area contributed by atoms with Crippen molar-refractivity contribution in [2.75, 3.05) is 34.3 Å². The Morgan fingerprint density at radius 1 is 1.23 bits per heavy atom. The van der Waals surface area contributed by atoms with Gasteiger partial charge in [-0.05, 0) is 47.0 Å². The highest BCUT2D eigenvalue weighted by molar-refractivity contribution is 6.46. The summed E-state index contributed by atoms with van der Waals surface area (Å²) in [6.07, 6.45) is 2.16. The molecule has 8 heteroatoms. The number of rotatable bonds is 7. The van der Waals surface area contributed by atoms with E-state index in [9.17, 15) is 14.7 Å². The molecule has 31 heavy (non-hydrogen) atoms. The van der Waals surface area contributed by atoms with Crippen molar-refractivity contribution in [1.82, 2.24) is 19.8 Å². The molecule has 2 aromatic rings. The molecule has 1 saturated heterocycles. The topological polar surface area (TPSA) is 95.9 Å². The van der Waals surface area contributed by atoms with E-state index in [1.807, 2.05) is 31.1 Å². The van der Waals surface area contributed by atoms with Crippen molar-refractivity contribution in [2.45, 2.75) is 26.3 Å². The van der Waals surface area contributed by atoms with E-state index in [1.54, 1.807) is 26.0 Å². The van der Waals surface area contributed by atoms with Crippen molar-refractivity contribution in [2.24, 2.45) is 0 Å². The van der Waals surface area contributed by atoms with E-state index in [0.717, 1.165) is 6.54 Å². The first-order valence-corrected chi connectivity index (χ1v) is 10.1. The molecule has 0 bridgehead atoms. The molecule has 1 aromatic heterocycles. The third kappa shape index (κ3) is 4.44. The van der Waals surface area contributed by atoms with Crippen molar-refractivity contribution in [3.05, 3.63) is 58.7 Å². The van der Waals surface area contributed by atoms with Gasteiger partial charge < -0.3 is 19.6 Å². The molecule has 1 aliphatic heterocycles. The molecule has 0 radical (unpaired) electrons. The van der Waals surface area contributed by atoms with Gasteiger partial charge in [0.05, 0.1) is 30.0 Å². The largest absolute Gasteiger partial charge is 0.507 e. The van der Waals surface area contributed by atoms with Crippen molar-refractivity contribution in [1.29, 1.82) is 0 Å². The molecule has 1 aromatic carbocycles. The Morgan fingerprint density at radius 3 is 2.58 bits per heavy atom. The number of aliphatic hydroxyl groups excluding tert-OH is 1. The van der Waals surface area contributed by atoms with Gasteiger partial charge in [0.25, 0.3) is 11.7 Å². The minimum Gasteiger partial charge on any atom is -0.507 e.